The molecule has 0 saturated heterocycles. The predicted octanol–water partition coefficient (Wildman–Crippen LogP) is 1.55. The van der Waals surface area contributed by atoms with Crippen molar-refractivity contribution in [3.05, 3.63) is 34.9 Å². The first-order valence-electron chi connectivity index (χ1n) is 4.48. The van der Waals surface area contributed by atoms with E-state index in [1.54, 1.807) is 0 Å². The van der Waals surface area contributed by atoms with E-state index in [1.807, 2.05) is 24.3 Å². The molecule has 1 rings (SSSR count). The molecule has 1 aromatic rings. The molecule has 14 heavy (non-hydrogen) atoms. The van der Waals surface area contributed by atoms with Crippen LogP contribution in [0.25, 0.3) is 0 Å². The van der Waals surface area contributed by atoms with Gasteiger partial charge in [0.15, 0.2) is 5.96 Å². The molecule has 0 saturated carbocycles. The number of aryl methyl sites for hydroxylation is 1. The monoisotopic (exact) mass is 211 g/mol. The van der Waals surface area contributed by atoms with E-state index >= 15 is 0 Å². The molecular formula is C10H14ClN3. The van der Waals surface area contributed by atoms with Crippen molar-refractivity contribution in [1.29, 1.82) is 0 Å². The molecule has 0 unspecified atom stereocenters. The van der Waals surface area contributed by atoms with Crippen molar-refractivity contribution in [2.24, 2.45) is 16.5 Å². The molecule has 0 aliphatic rings. The third kappa shape index (κ3) is 4.14. The Kier molecular flexibility index (Phi) is 4.26. The van der Waals surface area contributed by atoms with Crippen LogP contribution < -0.4 is 11.5 Å². The number of hydrogen-bond acceptors (Lipinski definition) is 1. The Labute approximate surface area is 88.8 Å². The van der Waals surface area contributed by atoms with E-state index in [4.69, 9.17) is 23.1 Å². The minimum absolute atomic E-state index is 0.149. The van der Waals surface area contributed by atoms with Crippen LogP contribution in [0.1, 0.15) is 12.0 Å². The summed E-state index contributed by atoms with van der Waals surface area (Å²) < 4.78 is 0. The van der Waals surface area contributed by atoms with Crippen molar-refractivity contribution in [2.45, 2.75) is 12.8 Å². The number of nitrogens with zero attached hydrogens (tertiary/aromatic N) is 1. The third-order valence-corrected chi connectivity index (χ3v) is 2.04. The van der Waals surface area contributed by atoms with Gasteiger partial charge in [0.1, 0.15) is 0 Å². The van der Waals surface area contributed by atoms with Crippen LogP contribution in [-0.2, 0) is 6.42 Å². The van der Waals surface area contributed by atoms with Gasteiger partial charge in [-0.2, -0.15) is 0 Å². The molecule has 0 heterocycles. The van der Waals surface area contributed by atoms with E-state index in [1.165, 1.54) is 5.56 Å². The van der Waals surface area contributed by atoms with Crippen molar-refractivity contribution in [2.75, 3.05) is 6.54 Å². The van der Waals surface area contributed by atoms with Crippen LogP contribution in [0.2, 0.25) is 5.02 Å². The number of nitrogens with two attached hydrogens (primary N) is 2. The minimum Gasteiger partial charge on any atom is -0.370 e. The maximum absolute atomic E-state index is 5.84. The SMILES string of the molecule is NC(N)=NCCCc1cccc(Cl)c1. The first kappa shape index (κ1) is 10.9. The lowest BCUT2D eigenvalue weighted by Crippen LogP contribution is -2.23. The summed E-state index contributed by atoms with van der Waals surface area (Å²) in [4.78, 5) is 3.90. The van der Waals surface area contributed by atoms with Gasteiger partial charge < -0.3 is 11.5 Å². The number of hydrogen-bond donors (Lipinski definition) is 2. The summed E-state index contributed by atoms with van der Waals surface area (Å²) >= 11 is 5.84. The minimum atomic E-state index is 0.149. The molecule has 0 radical (unpaired) electrons. The van der Waals surface area contributed by atoms with E-state index in [0.29, 0.717) is 6.54 Å². The molecule has 3 nitrogen and oxygen atoms in total. The lowest BCUT2D eigenvalue weighted by molar-refractivity contribution is 0.831. The zero-order valence-corrected chi connectivity index (χ0v) is 8.67. The number of rotatable bonds is 4. The van der Waals surface area contributed by atoms with Crippen LogP contribution in [0.4, 0.5) is 0 Å². The molecule has 0 aromatic heterocycles. The van der Waals surface area contributed by atoms with E-state index in [0.717, 1.165) is 17.9 Å². The number of halogens is 1. The summed E-state index contributed by atoms with van der Waals surface area (Å²) in [6, 6.07) is 7.80. The number of guanidine groups is 1. The van der Waals surface area contributed by atoms with E-state index in [2.05, 4.69) is 4.99 Å². The molecule has 76 valence electrons. The molecule has 0 amide bonds. The molecule has 0 fully saturated rings. The summed E-state index contributed by atoms with van der Waals surface area (Å²) in [5.74, 6) is 0.149. The molecule has 0 bridgehead atoms. The quantitative estimate of drug-likeness (QED) is 0.451. The second kappa shape index (κ2) is 5.50. The van der Waals surface area contributed by atoms with Crippen LogP contribution >= 0.6 is 11.6 Å². The summed E-state index contributed by atoms with van der Waals surface area (Å²) in [6.45, 7) is 0.662. The van der Waals surface area contributed by atoms with E-state index < -0.39 is 0 Å². The van der Waals surface area contributed by atoms with Crippen LogP contribution in [0.15, 0.2) is 29.3 Å². The summed E-state index contributed by atoms with van der Waals surface area (Å²) in [7, 11) is 0. The first-order chi connectivity index (χ1) is 6.68. The third-order valence-electron chi connectivity index (χ3n) is 1.81. The van der Waals surface area contributed by atoms with Crippen molar-refractivity contribution in [1.82, 2.24) is 0 Å². The summed E-state index contributed by atoms with van der Waals surface area (Å²) in [5, 5.41) is 0.768. The van der Waals surface area contributed by atoms with Gasteiger partial charge in [0.05, 0.1) is 0 Å². The fraction of sp³-hybridized carbons (Fsp3) is 0.300. The number of benzene rings is 1. The lowest BCUT2D eigenvalue weighted by atomic mass is 10.1. The second-order valence-electron chi connectivity index (χ2n) is 3.04. The summed E-state index contributed by atoms with van der Waals surface area (Å²) in [5.41, 5.74) is 11.6. The zero-order chi connectivity index (χ0) is 10.4. The first-order valence-corrected chi connectivity index (χ1v) is 4.86. The molecule has 0 atom stereocenters. The molecule has 1 aromatic carbocycles. The number of aliphatic imine (C=N–C) groups is 1. The maximum Gasteiger partial charge on any atom is 0.185 e. The summed E-state index contributed by atoms with van der Waals surface area (Å²) in [6.07, 6.45) is 1.87. The van der Waals surface area contributed by atoms with Gasteiger partial charge in [-0.1, -0.05) is 23.7 Å². The fourth-order valence-corrected chi connectivity index (χ4v) is 1.40. The molecule has 4 N–H and O–H groups in total. The van der Waals surface area contributed by atoms with Gasteiger partial charge in [0.2, 0.25) is 0 Å². The predicted molar refractivity (Wildman–Crippen MR) is 60.4 cm³/mol. The Balaban J connectivity index is 2.35. The highest BCUT2D eigenvalue weighted by atomic mass is 35.5. The molecular weight excluding hydrogens is 198 g/mol. The zero-order valence-electron chi connectivity index (χ0n) is 7.91. The van der Waals surface area contributed by atoms with Gasteiger partial charge in [-0.3, -0.25) is 4.99 Å². The average Bonchev–Trinajstić information content (AvgIpc) is 2.12. The molecule has 0 spiro atoms. The highest BCUT2D eigenvalue weighted by molar-refractivity contribution is 6.30. The van der Waals surface area contributed by atoms with Gasteiger partial charge in [0, 0.05) is 11.6 Å². The fourth-order valence-electron chi connectivity index (χ4n) is 1.18. The Morgan fingerprint density at radius 1 is 1.36 bits per heavy atom. The highest BCUT2D eigenvalue weighted by Crippen LogP contribution is 2.11. The Hall–Kier alpha value is -1.22. The van der Waals surface area contributed by atoms with Gasteiger partial charge >= 0.3 is 0 Å². The maximum atomic E-state index is 5.84. The lowest BCUT2D eigenvalue weighted by Gasteiger charge is -1.99. The van der Waals surface area contributed by atoms with E-state index in [-0.39, 0.29) is 5.96 Å². The Morgan fingerprint density at radius 2 is 2.14 bits per heavy atom. The van der Waals surface area contributed by atoms with Crippen molar-refractivity contribution < 1.29 is 0 Å². The van der Waals surface area contributed by atoms with Crippen molar-refractivity contribution in [3.8, 4) is 0 Å². The van der Waals surface area contributed by atoms with Gasteiger partial charge in [0.25, 0.3) is 0 Å². The van der Waals surface area contributed by atoms with E-state index in [9.17, 15) is 0 Å². The van der Waals surface area contributed by atoms with Crippen LogP contribution in [0.3, 0.4) is 0 Å². The smallest absolute Gasteiger partial charge is 0.185 e. The van der Waals surface area contributed by atoms with Gasteiger partial charge in [-0.25, -0.2) is 0 Å². The molecule has 4 heteroatoms. The Morgan fingerprint density at radius 3 is 2.79 bits per heavy atom. The molecule has 0 aliphatic heterocycles. The second-order valence-corrected chi connectivity index (χ2v) is 3.48. The van der Waals surface area contributed by atoms with Crippen LogP contribution in [0, 0.1) is 0 Å². The van der Waals surface area contributed by atoms with Crippen LogP contribution in [-0.4, -0.2) is 12.5 Å². The van der Waals surface area contributed by atoms with Crippen molar-refractivity contribution >= 4 is 17.6 Å². The van der Waals surface area contributed by atoms with Gasteiger partial charge in [-0.15, -0.1) is 0 Å². The normalized spacial score (nSPS) is 9.79. The Bertz CT molecular complexity index is 319. The van der Waals surface area contributed by atoms with Crippen LogP contribution in [0.5, 0.6) is 0 Å². The largest absolute Gasteiger partial charge is 0.370 e. The van der Waals surface area contributed by atoms with Crippen molar-refractivity contribution in [3.63, 3.8) is 0 Å². The highest BCUT2D eigenvalue weighted by Gasteiger charge is 1.93. The standard InChI is InChI=1S/C10H14ClN3/c11-9-5-1-3-8(7-9)4-2-6-14-10(12)13/h1,3,5,7H,2,4,6H2,(H4,12,13,14). The molecule has 0 aliphatic carbocycles. The average molecular weight is 212 g/mol. The van der Waals surface area contributed by atoms with Gasteiger partial charge in [-0.05, 0) is 30.5 Å². The topological polar surface area (TPSA) is 64.4 Å².